The van der Waals surface area contributed by atoms with Gasteiger partial charge in [0.1, 0.15) is 6.10 Å². The number of rotatable bonds is 8. The molecule has 0 aromatic heterocycles. The van der Waals surface area contributed by atoms with Gasteiger partial charge in [-0.2, -0.15) is 0 Å². The predicted molar refractivity (Wildman–Crippen MR) is 150 cm³/mol. The van der Waals surface area contributed by atoms with Gasteiger partial charge in [-0.05, 0) is 87.5 Å². The highest BCUT2D eigenvalue weighted by Crippen LogP contribution is 2.61. The third-order valence-electron chi connectivity index (χ3n) is 10.1. The van der Waals surface area contributed by atoms with Gasteiger partial charge in [-0.15, -0.1) is 0 Å². The zero-order valence-electron chi connectivity index (χ0n) is 22.7. The number of nitrogens with zero attached hydrogens (tertiary/aromatic N) is 2. The van der Waals surface area contributed by atoms with Gasteiger partial charge in [0, 0.05) is 37.4 Å². The SMILES string of the molecule is O=C(CCCN1CCC(O)CC1)OC1CC2(N3CCCC3)CC(c3ccccc3)C1C(c1ccccc1)C2. The van der Waals surface area contributed by atoms with Crippen LogP contribution < -0.4 is 0 Å². The number of aliphatic hydroxyl groups is 1. The van der Waals surface area contributed by atoms with Crippen LogP contribution in [-0.4, -0.2) is 71.3 Å². The van der Waals surface area contributed by atoms with Gasteiger partial charge in [-0.3, -0.25) is 9.69 Å². The monoisotopic (exact) mass is 516 g/mol. The third-order valence-corrected chi connectivity index (χ3v) is 10.1. The van der Waals surface area contributed by atoms with E-state index in [1.165, 1.54) is 49.9 Å². The van der Waals surface area contributed by atoms with Gasteiger partial charge >= 0.3 is 5.97 Å². The molecule has 38 heavy (non-hydrogen) atoms. The molecule has 7 rings (SSSR count). The van der Waals surface area contributed by atoms with E-state index in [1.807, 2.05) is 0 Å². The summed E-state index contributed by atoms with van der Waals surface area (Å²) in [6.07, 6.45) is 8.63. The lowest BCUT2D eigenvalue weighted by molar-refractivity contribution is -0.168. The van der Waals surface area contributed by atoms with E-state index in [4.69, 9.17) is 4.74 Å². The van der Waals surface area contributed by atoms with Crippen molar-refractivity contribution in [2.24, 2.45) is 5.92 Å². The van der Waals surface area contributed by atoms with Gasteiger partial charge < -0.3 is 14.7 Å². The molecule has 2 heterocycles. The first-order valence-corrected chi connectivity index (χ1v) is 15.1. The molecule has 2 aromatic carbocycles. The maximum Gasteiger partial charge on any atom is 0.306 e. The second kappa shape index (κ2) is 11.5. The van der Waals surface area contributed by atoms with E-state index in [9.17, 15) is 9.90 Å². The lowest BCUT2D eigenvalue weighted by Gasteiger charge is -2.61. The molecule has 2 aromatic rings. The summed E-state index contributed by atoms with van der Waals surface area (Å²) in [6.45, 7) is 5.10. The summed E-state index contributed by atoms with van der Waals surface area (Å²) in [5.41, 5.74) is 2.88. The molecule has 5 aliphatic rings. The molecule has 5 heteroatoms. The first-order chi connectivity index (χ1) is 18.6. The molecular weight excluding hydrogens is 472 g/mol. The molecule has 2 aliphatic heterocycles. The number of benzene rings is 2. The largest absolute Gasteiger partial charge is 0.462 e. The van der Waals surface area contributed by atoms with Crippen molar-refractivity contribution in [3.05, 3.63) is 71.8 Å². The maximum atomic E-state index is 13.3. The van der Waals surface area contributed by atoms with Crippen molar-refractivity contribution in [1.82, 2.24) is 9.80 Å². The normalized spacial score (nSPS) is 32.4. The van der Waals surface area contributed by atoms with Gasteiger partial charge in [0.15, 0.2) is 0 Å². The Kier molecular flexibility index (Phi) is 7.87. The highest BCUT2D eigenvalue weighted by Gasteiger charge is 2.59. The molecule has 0 spiro atoms. The first-order valence-electron chi connectivity index (χ1n) is 15.1. The van der Waals surface area contributed by atoms with Crippen LogP contribution >= 0.6 is 0 Å². The Morgan fingerprint density at radius 1 is 0.842 bits per heavy atom. The molecule has 2 saturated heterocycles. The van der Waals surface area contributed by atoms with Crippen LogP contribution in [0.4, 0.5) is 0 Å². The smallest absolute Gasteiger partial charge is 0.306 e. The topological polar surface area (TPSA) is 53.0 Å². The quantitative estimate of drug-likeness (QED) is 0.480. The molecule has 5 fully saturated rings. The minimum Gasteiger partial charge on any atom is -0.462 e. The summed E-state index contributed by atoms with van der Waals surface area (Å²) in [5.74, 6) is 1.05. The molecule has 3 unspecified atom stereocenters. The summed E-state index contributed by atoms with van der Waals surface area (Å²) in [6, 6.07) is 22.0. The Morgan fingerprint density at radius 2 is 1.42 bits per heavy atom. The van der Waals surface area contributed by atoms with Crippen LogP contribution in [0.15, 0.2) is 60.7 Å². The second-order valence-corrected chi connectivity index (χ2v) is 12.3. The van der Waals surface area contributed by atoms with Crippen LogP contribution in [0.25, 0.3) is 0 Å². The number of carbonyl (C=O) groups excluding carboxylic acids is 1. The maximum absolute atomic E-state index is 13.3. The van der Waals surface area contributed by atoms with E-state index < -0.39 is 0 Å². The van der Waals surface area contributed by atoms with E-state index >= 15 is 0 Å². The molecule has 204 valence electrons. The average Bonchev–Trinajstić information content (AvgIpc) is 3.51. The van der Waals surface area contributed by atoms with Crippen molar-refractivity contribution in [2.45, 2.75) is 87.4 Å². The number of piperidine rings is 1. The Balaban J connectivity index is 1.24. The van der Waals surface area contributed by atoms with Gasteiger partial charge in [0.2, 0.25) is 0 Å². The number of hydrogen-bond acceptors (Lipinski definition) is 5. The summed E-state index contributed by atoms with van der Waals surface area (Å²) in [7, 11) is 0. The molecule has 5 nitrogen and oxygen atoms in total. The summed E-state index contributed by atoms with van der Waals surface area (Å²) in [4.78, 5) is 18.4. The Labute approximate surface area is 228 Å². The van der Waals surface area contributed by atoms with Crippen LogP contribution in [0.3, 0.4) is 0 Å². The predicted octanol–water partition coefficient (Wildman–Crippen LogP) is 5.35. The van der Waals surface area contributed by atoms with Crippen molar-refractivity contribution in [3.63, 3.8) is 0 Å². The number of carbonyl (C=O) groups is 1. The molecular formula is C33H44N2O3. The van der Waals surface area contributed by atoms with Gasteiger partial charge in [-0.1, -0.05) is 60.7 Å². The molecule has 0 amide bonds. The van der Waals surface area contributed by atoms with Gasteiger partial charge in [-0.25, -0.2) is 0 Å². The molecule has 0 radical (unpaired) electrons. The van der Waals surface area contributed by atoms with E-state index in [1.54, 1.807) is 0 Å². The summed E-state index contributed by atoms with van der Waals surface area (Å²) in [5, 5.41) is 9.78. The fourth-order valence-electron chi connectivity index (χ4n) is 8.25. The Morgan fingerprint density at radius 3 is 2.00 bits per heavy atom. The molecule has 1 N–H and O–H groups in total. The van der Waals surface area contributed by atoms with Crippen LogP contribution in [0.1, 0.15) is 80.8 Å². The Bertz CT molecular complexity index is 997. The molecule has 3 atom stereocenters. The van der Waals surface area contributed by atoms with Crippen molar-refractivity contribution < 1.29 is 14.6 Å². The van der Waals surface area contributed by atoms with Crippen molar-refractivity contribution in [3.8, 4) is 0 Å². The third kappa shape index (κ3) is 5.43. The number of ether oxygens (including phenoxy) is 1. The number of esters is 1. The van der Waals surface area contributed by atoms with Crippen LogP contribution in [0, 0.1) is 5.92 Å². The van der Waals surface area contributed by atoms with Crippen molar-refractivity contribution in [2.75, 3.05) is 32.7 Å². The summed E-state index contributed by atoms with van der Waals surface area (Å²) < 4.78 is 6.50. The van der Waals surface area contributed by atoms with Crippen molar-refractivity contribution in [1.29, 1.82) is 0 Å². The van der Waals surface area contributed by atoms with E-state index in [-0.39, 0.29) is 23.7 Å². The highest BCUT2D eigenvalue weighted by molar-refractivity contribution is 5.69. The fraction of sp³-hybridized carbons (Fsp3) is 0.606. The first kappa shape index (κ1) is 26.0. The van der Waals surface area contributed by atoms with Crippen LogP contribution in [0.2, 0.25) is 0 Å². The standard InChI is InChI=1S/C33H44N2O3/c36-27-15-20-34(21-16-27)17-9-14-31(37)38-30-24-33(35-18-7-8-19-35)22-28(25-10-3-1-4-11-25)32(30)29(23-33)26-12-5-2-6-13-26/h1-6,10-13,27-30,32,36H,7-9,14-24H2. The minimum absolute atomic E-state index is 0.0326. The lowest BCUT2D eigenvalue weighted by Crippen LogP contribution is -2.62. The zero-order chi connectivity index (χ0) is 26.0. The number of hydrogen-bond donors (Lipinski definition) is 1. The minimum atomic E-state index is -0.156. The fourth-order valence-corrected chi connectivity index (χ4v) is 8.25. The number of likely N-dealkylation sites (tertiary alicyclic amines) is 2. The zero-order valence-corrected chi connectivity index (χ0v) is 22.7. The Hall–Kier alpha value is -2.21. The van der Waals surface area contributed by atoms with E-state index in [2.05, 4.69) is 70.5 Å². The molecule has 2 bridgehead atoms. The van der Waals surface area contributed by atoms with Crippen molar-refractivity contribution >= 4 is 5.97 Å². The van der Waals surface area contributed by atoms with Crippen LogP contribution in [-0.2, 0) is 9.53 Å². The van der Waals surface area contributed by atoms with Crippen LogP contribution in [0.5, 0.6) is 0 Å². The number of aliphatic hydroxyl groups excluding tert-OH is 1. The lowest BCUT2D eigenvalue weighted by atomic mass is 9.51. The number of fused-ring (bicyclic) bond motifs is 3. The van der Waals surface area contributed by atoms with E-state index in [0.717, 1.165) is 45.3 Å². The second-order valence-electron chi connectivity index (χ2n) is 12.3. The van der Waals surface area contributed by atoms with Gasteiger partial charge in [0.05, 0.1) is 6.10 Å². The highest BCUT2D eigenvalue weighted by atomic mass is 16.5. The molecule has 3 aliphatic carbocycles. The molecule has 3 saturated carbocycles. The average molecular weight is 517 g/mol. The van der Waals surface area contributed by atoms with Gasteiger partial charge in [0.25, 0.3) is 0 Å². The van der Waals surface area contributed by atoms with E-state index in [0.29, 0.717) is 24.2 Å². The summed E-state index contributed by atoms with van der Waals surface area (Å²) >= 11 is 0.